The highest BCUT2D eigenvalue weighted by molar-refractivity contribution is 7.21. The summed E-state index contributed by atoms with van der Waals surface area (Å²) in [6, 6.07) is 7.64. The van der Waals surface area contributed by atoms with Crippen LogP contribution in [0.3, 0.4) is 0 Å². The van der Waals surface area contributed by atoms with Crippen LogP contribution in [0, 0.1) is 6.92 Å². The number of amides is 1. The Morgan fingerprint density at radius 1 is 1.41 bits per heavy atom. The van der Waals surface area contributed by atoms with Crippen molar-refractivity contribution in [2.75, 3.05) is 0 Å². The Morgan fingerprint density at radius 3 is 3.05 bits per heavy atom. The van der Waals surface area contributed by atoms with E-state index in [9.17, 15) is 4.79 Å². The Bertz CT molecular complexity index is 771. The largest absolute Gasteiger partial charge is 0.465 e. The number of nitrogens with one attached hydrogen (secondary N) is 1. The molecule has 112 valence electrons. The maximum Gasteiger partial charge on any atom is 0.244 e. The van der Waals surface area contributed by atoms with Crippen molar-refractivity contribution in [3.63, 3.8) is 0 Å². The maximum absolute atomic E-state index is 11.8. The minimum absolute atomic E-state index is 0.151. The molecule has 0 aliphatic rings. The summed E-state index contributed by atoms with van der Waals surface area (Å²) in [7, 11) is 0. The summed E-state index contributed by atoms with van der Waals surface area (Å²) in [5.74, 6) is 0.506. The van der Waals surface area contributed by atoms with E-state index in [1.165, 1.54) is 6.08 Å². The Hall–Kier alpha value is -2.18. The third-order valence-electron chi connectivity index (χ3n) is 2.99. The highest BCUT2D eigenvalue weighted by Crippen LogP contribution is 2.30. The molecule has 22 heavy (non-hydrogen) atoms. The van der Waals surface area contributed by atoms with Crippen molar-refractivity contribution in [1.82, 2.24) is 10.3 Å². The number of hydrogen-bond acceptors (Lipinski definition) is 5. The summed E-state index contributed by atoms with van der Waals surface area (Å²) in [6.45, 7) is 2.45. The number of nitrogens with zero attached hydrogens (tertiary/aromatic N) is 1. The topological polar surface area (TPSA) is 55.1 Å². The lowest BCUT2D eigenvalue weighted by molar-refractivity contribution is -0.116. The number of thiazole rings is 1. The first kappa shape index (κ1) is 14.7. The predicted molar refractivity (Wildman–Crippen MR) is 89.8 cm³/mol. The van der Waals surface area contributed by atoms with Crippen molar-refractivity contribution in [2.45, 2.75) is 13.5 Å². The van der Waals surface area contributed by atoms with Crippen molar-refractivity contribution in [1.29, 1.82) is 0 Å². The van der Waals surface area contributed by atoms with Gasteiger partial charge in [0.2, 0.25) is 5.91 Å². The van der Waals surface area contributed by atoms with Gasteiger partial charge >= 0.3 is 0 Å². The molecule has 0 saturated heterocycles. The average molecular weight is 330 g/mol. The third-order valence-corrected chi connectivity index (χ3v) is 5.19. The van der Waals surface area contributed by atoms with Crippen molar-refractivity contribution < 1.29 is 9.21 Å². The molecule has 0 atom stereocenters. The summed E-state index contributed by atoms with van der Waals surface area (Å²) in [5, 5.41) is 5.90. The van der Waals surface area contributed by atoms with E-state index in [1.807, 2.05) is 18.4 Å². The third kappa shape index (κ3) is 3.52. The van der Waals surface area contributed by atoms with E-state index < -0.39 is 0 Å². The molecule has 0 spiro atoms. The van der Waals surface area contributed by atoms with Crippen LogP contribution in [-0.2, 0) is 11.3 Å². The van der Waals surface area contributed by atoms with E-state index in [-0.39, 0.29) is 5.91 Å². The summed E-state index contributed by atoms with van der Waals surface area (Å²) >= 11 is 3.29. The normalized spacial score (nSPS) is 11.1. The van der Waals surface area contributed by atoms with Crippen molar-refractivity contribution in [3.05, 3.63) is 58.3 Å². The molecule has 1 N–H and O–H groups in total. The average Bonchev–Trinajstić information content (AvgIpc) is 3.24. The van der Waals surface area contributed by atoms with Gasteiger partial charge in [-0.05, 0) is 36.6 Å². The SMILES string of the molecule is Cc1nc(-c2cccs2)sc1CNC(=O)C=Cc1ccco1. The van der Waals surface area contributed by atoms with E-state index in [2.05, 4.69) is 16.4 Å². The number of hydrogen-bond donors (Lipinski definition) is 1. The van der Waals surface area contributed by atoms with Crippen LogP contribution in [0.15, 0.2) is 46.4 Å². The van der Waals surface area contributed by atoms with Crippen LogP contribution >= 0.6 is 22.7 Å². The van der Waals surface area contributed by atoms with Crippen LogP contribution in [0.25, 0.3) is 16.0 Å². The van der Waals surface area contributed by atoms with Crippen LogP contribution in [0.2, 0.25) is 0 Å². The van der Waals surface area contributed by atoms with Gasteiger partial charge in [-0.15, -0.1) is 22.7 Å². The number of thiophene rings is 1. The molecule has 0 unspecified atom stereocenters. The van der Waals surface area contributed by atoms with Gasteiger partial charge < -0.3 is 9.73 Å². The second kappa shape index (κ2) is 6.72. The zero-order chi connectivity index (χ0) is 15.4. The molecule has 0 radical (unpaired) electrons. The Labute approximate surface area is 136 Å². The van der Waals surface area contributed by atoms with Gasteiger partial charge in [0.1, 0.15) is 10.8 Å². The molecule has 0 aliphatic carbocycles. The van der Waals surface area contributed by atoms with Gasteiger partial charge in [0, 0.05) is 11.0 Å². The first-order valence-electron chi connectivity index (χ1n) is 6.72. The molecule has 0 saturated carbocycles. The van der Waals surface area contributed by atoms with Gasteiger partial charge in [-0.3, -0.25) is 4.79 Å². The quantitative estimate of drug-likeness (QED) is 0.717. The van der Waals surface area contributed by atoms with Crippen LogP contribution in [0.5, 0.6) is 0 Å². The van der Waals surface area contributed by atoms with E-state index in [4.69, 9.17) is 4.42 Å². The standard InChI is InChI=1S/C16H14N2O2S2/c1-11-14(22-16(18-11)13-5-3-9-21-13)10-17-15(19)7-6-12-4-2-8-20-12/h2-9H,10H2,1H3,(H,17,19). The van der Waals surface area contributed by atoms with Crippen LogP contribution in [0.4, 0.5) is 0 Å². The lowest BCUT2D eigenvalue weighted by atomic mass is 10.3. The molecule has 3 aromatic heterocycles. The van der Waals surface area contributed by atoms with Crippen molar-refractivity contribution >= 4 is 34.7 Å². The van der Waals surface area contributed by atoms with Crippen LogP contribution < -0.4 is 5.32 Å². The van der Waals surface area contributed by atoms with Crippen LogP contribution in [-0.4, -0.2) is 10.9 Å². The second-order valence-electron chi connectivity index (χ2n) is 4.57. The predicted octanol–water partition coefficient (Wildman–Crippen LogP) is 4.10. The van der Waals surface area contributed by atoms with Crippen molar-refractivity contribution in [3.8, 4) is 9.88 Å². The zero-order valence-electron chi connectivity index (χ0n) is 11.9. The van der Waals surface area contributed by atoms with Gasteiger partial charge in [-0.1, -0.05) is 6.07 Å². The molecular weight excluding hydrogens is 316 g/mol. The molecule has 3 rings (SSSR count). The maximum atomic E-state index is 11.8. The fourth-order valence-electron chi connectivity index (χ4n) is 1.87. The second-order valence-corrected chi connectivity index (χ2v) is 6.60. The molecule has 3 aromatic rings. The van der Waals surface area contributed by atoms with Gasteiger partial charge in [0.05, 0.1) is 23.4 Å². The molecular formula is C16H14N2O2S2. The number of furan rings is 1. The smallest absolute Gasteiger partial charge is 0.244 e. The van der Waals surface area contributed by atoms with E-state index in [0.717, 1.165) is 20.5 Å². The number of aryl methyl sites for hydroxylation is 1. The highest BCUT2D eigenvalue weighted by atomic mass is 32.1. The molecule has 4 nitrogen and oxygen atoms in total. The van der Waals surface area contributed by atoms with Gasteiger partial charge in [0.15, 0.2) is 0 Å². The molecule has 0 aromatic carbocycles. The first-order valence-corrected chi connectivity index (χ1v) is 8.41. The number of carbonyl (C=O) groups excluding carboxylic acids is 1. The lowest BCUT2D eigenvalue weighted by Crippen LogP contribution is -2.20. The first-order chi connectivity index (χ1) is 10.7. The van der Waals surface area contributed by atoms with Gasteiger partial charge in [0.25, 0.3) is 0 Å². The Morgan fingerprint density at radius 2 is 2.32 bits per heavy atom. The van der Waals surface area contributed by atoms with E-state index >= 15 is 0 Å². The molecule has 0 fully saturated rings. The number of aromatic nitrogens is 1. The zero-order valence-corrected chi connectivity index (χ0v) is 13.5. The fraction of sp³-hybridized carbons (Fsp3) is 0.125. The molecule has 6 heteroatoms. The Balaban J connectivity index is 1.61. The monoisotopic (exact) mass is 330 g/mol. The fourth-order valence-corrected chi connectivity index (χ4v) is 3.67. The molecule has 3 heterocycles. The van der Waals surface area contributed by atoms with Gasteiger partial charge in [-0.2, -0.15) is 0 Å². The summed E-state index contributed by atoms with van der Waals surface area (Å²) in [5.41, 5.74) is 0.962. The highest BCUT2D eigenvalue weighted by Gasteiger charge is 2.10. The van der Waals surface area contributed by atoms with Crippen LogP contribution in [0.1, 0.15) is 16.3 Å². The molecule has 0 aliphatic heterocycles. The summed E-state index contributed by atoms with van der Waals surface area (Å²) < 4.78 is 5.14. The van der Waals surface area contributed by atoms with Gasteiger partial charge in [-0.25, -0.2) is 4.98 Å². The lowest BCUT2D eigenvalue weighted by Gasteiger charge is -1.99. The number of carbonyl (C=O) groups is 1. The summed E-state index contributed by atoms with van der Waals surface area (Å²) in [6.07, 6.45) is 4.69. The summed E-state index contributed by atoms with van der Waals surface area (Å²) in [4.78, 5) is 18.6. The Kier molecular flexibility index (Phi) is 4.50. The minimum atomic E-state index is -0.151. The minimum Gasteiger partial charge on any atom is -0.465 e. The van der Waals surface area contributed by atoms with E-state index in [1.54, 1.807) is 47.1 Å². The number of rotatable bonds is 5. The van der Waals surface area contributed by atoms with Crippen molar-refractivity contribution in [2.24, 2.45) is 0 Å². The van der Waals surface area contributed by atoms with E-state index in [0.29, 0.717) is 12.3 Å². The molecule has 1 amide bonds. The molecule has 0 bridgehead atoms.